The molecule has 3 unspecified atom stereocenters. The molecule has 2 saturated heterocycles. The van der Waals surface area contributed by atoms with E-state index in [1.807, 2.05) is 36.4 Å². The number of guanidine groups is 2. The normalized spacial score (nSPS) is 30.5. The van der Waals surface area contributed by atoms with E-state index in [2.05, 4.69) is 25.9 Å². The van der Waals surface area contributed by atoms with Crippen LogP contribution in [0.4, 0.5) is 10.5 Å². The van der Waals surface area contributed by atoms with Gasteiger partial charge >= 0.3 is 6.03 Å². The molecule has 0 radical (unpaired) electrons. The summed E-state index contributed by atoms with van der Waals surface area (Å²) >= 11 is 0. The van der Waals surface area contributed by atoms with Crippen molar-refractivity contribution in [3.05, 3.63) is 42.5 Å². The number of nitrogens with two attached hydrogens (primary N) is 2. The van der Waals surface area contributed by atoms with Crippen LogP contribution in [0.3, 0.4) is 0 Å². The number of aliphatic hydroxyl groups is 1. The Balaban J connectivity index is 1.24. The summed E-state index contributed by atoms with van der Waals surface area (Å²) in [5, 5.41) is 22.1. The van der Waals surface area contributed by atoms with Gasteiger partial charge in [0.05, 0.1) is 24.3 Å². The van der Waals surface area contributed by atoms with Crippen molar-refractivity contribution >= 4 is 46.2 Å². The number of aliphatic hydroxyl groups excluding tert-OH is 1. The molecular formula is C24H27N9O4. The van der Waals surface area contributed by atoms with Gasteiger partial charge in [0.2, 0.25) is 11.8 Å². The van der Waals surface area contributed by atoms with Crippen LogP contribution in [0, 0.1) is 0 Å². The van der Waals surface area contributed by atoms with Gasteiger partial charge in [-0.2, -0.15) is 0 Å². The van der Waals surface area contributed by atoms with Crippen LogP contribution in [0.15, 0.2) is 52.4 Å². The minimum atomic E-state index is -1.29. The molecule has 2 fully saturated rings. The molecule has 8 N–H and O–H groups in total. The van der Waals surface area contributed by atoms with E-state index in [1.54, 1.807) is 11.0 Å². The first-order chi connectivity index (χ1) is 17.8. The molecule has 2 aromatic rings. The Labute approximate surface area is 211 Å². The number of hydrogen-bond donors (Lipinski definition) is 6. The van der Waals surface area contributed by atoms with Crippen LogP contribution in [0.1, 0.15) is 12.8 Å². The minimum Gasteiger partial charge on any atom is -0.386 e. The van der Waals surface area contributed by atoms with Crippen LogP contribution in [-0.2, 0) is 9.59 Å². The van der Waals surface area contributed by atoms with Gasteiger partial charge in [-0.25, -0.2) is 14.8 Å². The van der Waals surface area contributed by atoms with Crippen LogP contribution in [-0.4, -0.2) is 87.7 Å². The van der Waals surface area contributed by atoms with Gasteiger partial charge in [-0.1, -0.05) is 36.4 Å². The average Bonchev–Trinajstić information content (AvgIpc) is 3.49. The quantitative estimate of drug-likeness (QED) is 0.280. The highest BCUT2D eigenvalue weighted by Crippen LogP contribution is 2.40. The molecule has 4 heterocycles. The number of anilines is 1. The van der Waals surface area contributed by atoms with E-state index in [-0.39, 0.29) is 49.7 Å². The van der Waals surface area contributed by atoms with Gasteiger partial charge in [-0.05, 0) is 11.5 Å². The largest absolute Gasteiger partial charge is 0.386 e. The molecule has 0 aromatic heterocycles. The Morgan fingerprint density at radius 2 is 1.84 bits per heavy atom. The van der Waals surface area contributed by atoms with Gasteiger partial charge in [0.25, 0.3) is 0 Å². The number of hydrogen-bond acceptors (Lipinski definition) is 10. The zero-order valence-corrected chi connectivity index (χ0v) is 19.8. The van der Waals surface area contributed by atoms with Crippen LogP contribution in [0.2, 0.25) is 0 Å². The maximum Gasteiger partial charge on any atom is 0.319 e. The molecule has 4 aliphatic rings. The Bertz CT molecular complexity index is 1360. The molecule has 2 aromatic carbocycles. The smallest absolute Gasteiger partial charge is 0.319 e. The summed E-state index contributed by atoms with van der Waals surface area (Å²) in [7, 11) is 0. The van der Waals surface area contributed by atoms with Crippen LogP contribution in [0.25, 0.3) is 10.8 Å². The third-order valence-electron chi connectivity index (χ3n) is 7.53. The topological polar surface area (TPSA) is 191 Å². The van der Waals surface area contributed by atoms with Crippen molar-refractivity contribution in [2.45, 2.75) is 42.7 Å². The lowest BCUT2D eigenvalue weighted by atomic mass is 9.87. The van der Waals surface area contributed by atoms with Gasteiger partial charge < -0.3 is 37.4 Å². The molecule has 0 bridgehead atoms. The summed E-state index contributed by atoms with van der Waals surface area (Å²) < 4.78 is 0. The van der Waals surface area contributed by atoms with Gasteiger partial charge in [-0.3, -0.25) is 14.5 Å². The van der Waals surface area contributed by atoms with E-state index >= 15 is 0 Å². The molecule has 13 nitrogen and oxygen atoms in total. The van der Waals surface area contributed by atoms with Crippen molar-refractivity contribution in [2.75, 3.05) is 18.4 Å². The number of imide groups is 1. The fourth-order valence-corrected chi connectivity index (χ4v) is 5.86. The maximum atomic E-state index is 13.0. The Morgan fingerprint density at radius 1 is 1.11 bits per heavy atom. The van der Waals surface area contributed by atoms with Crippen molar-refractivity contribution < 1.29 is 19.5 Å². The van der Waals surface area contributed by atoms with E-state index in [9.17, 15) is 19.5 Å². The molecule has 37 heavy (non-hydrogen) atoms. The Morgan fingerprint density at radius 3 is 2.62 bits per heavy atom. The minimum absolute atomic E-state index is 0.0243. The van der Waals surface area contributed by atoms with Crippen LogP contribution < -0.4 is 27.4 Å². The molecule has 6 rings (SSSR count). The first-order valence-corrected chi connectivity index (χ1v) is 12.1. The second-order valence-corrected chi connectivity index (χ2v) is 9.65. The second kappa shape index (κ2) is 8.34. The number of likely N-dealkylation sites (tertiary alicyclic amines) is 1. The van der Waals surface area contributed by atoms with E-state index in [0.29, 0.717) is 5.69 Å². The number of aliphatic imine (C=N–C) groups is 2. The highest BCUT2D eigenvalue weighted by molar-refractivity contribution is 6.02. The van der Waals surface area contributed by atoms with Crippen LogP contribution in [0.5, 0.6) is 0 Å². The van der Waals surface area contributed by atoms with E-state index in [0.717, 1.165) is 15.7 Å². The zero-order chi connectivity index (χ0) is 25.9. The van der Waals surface area contributed by atoms with Gasteiger partial charge in [0.1, 0.15) is 12.1 Å². The number of carbonyl (C=O) groups is 3. The molecule has 13 heteroatoms. The number of fused-ring (bicyclic) bond motifs is 1. The average molecular weight is 506 g/mol. The fourth-order valence-electron chi connectivity index (χ4n) is 5.86. The number of nitrogens with one attached hydrogen (secondary N) is 3. The van der Waals surface area contributed by atoms with Crippen molar-refractivity contribution in [2.24, 2.45) is 21.5 Å². The lowest BCUT2D eigenvalue weighted by Crippen LogP contribution is -2.73. The molecule has 4 aliphatic heterocycles. The SMILES string of the molecule is NC1=NC2[C@H](CN3C(=O)CCC3=O)N=C(N)N3CC(NC(=O)Nc4cccc5ccccc45)[C@@H](O)C23N1. The van der Waals surface area contributed by atoms with Crippen molar-refractivity contribution in [1.29, 1.82) is 0 Å². The summed E-state index contributed by atoms with van der Waals surface area (Å²) in [6, 6.07) is 10.6. The number of amides is 4. The maximum absolute atomic E-state index is 13.0. The summed E-state index contributed by atoms with van der Waals surface area (Å²) in [4.78, 5) is 49.2. The molecule has 4 amide bonds. The summed E-state index contributed by atoms with van der Waals surface area (Å²) in [6.45, 7) is 0.115. The van der Waals surface area contributed by atoms with E-state index in [1.165, 1.54) is 0 Å². The lowest BCUT2D eigenvalue weighted by Gasteiger charge is -2.46. The number of rotatable bonds is 4. The van der Waals surface area contributed by atoms with E-state index < -0.39 is 35.9 Å². The summed E-state index contributed by atoms with van der Waals surface area (Å²) in [5.41, 5.74) is 11.7. The van der Waals surface area contributed by atoms with E-state index in [4.69, 9.17) is 11.5 Å². The highest BCUT2D eigenvalue weighted by atomic mass is 16.3. The first-order valence-electron chi connectivity index (χ1n) is 12.1. The standard InChI is InChI=1S/C24H27N9O4/c25-21-30-19-15(10-32-17(34)8-9-18(32)35)27-22(26)33-11-16(20(36)24(19,33)31-21)29-23(37)28-14-7-3-5-12-4-1-2-6-13(12)14/h1-7,15-16,19-20,36H,8-11H2,(H2,26,27)(H3,25,30,31)(H2,28,29,37)/t15-,16?,19?,20+,24?/m0/s1. The summed E-state index contributed by atoms with van der Waals surface area (Å²) in [6.07, 6.45) is -0.893. The number of nitrogens with zero attached hydrogens (tertiary/aromatic N) is 4. The third-order valence-corrected chi connectivity index (χ3v) is 7.53. The second-order valence-electron chi connectivity index (χ2n) is 9.65. The predicted molar refractivity (Wildman–Crippen MR) is 135 cm³/mol. The number of urea groups is 1. The monoisotopic (exact) mass is 505 g/mol. The van der Waals surface area contributed by atoms with Crippen LogP contribution >= 0.6 is 0 Å². The number of carbonyl (C=O) groups excluding carboxylic acids is 3. The van der Waals surface area contributed by atoms with Gasteiger partial charge in [0.15, 0.2) is 17.6 Å². The highest BCUT2D eigenvalue weighted by Gasteiger charge is 2.65. The zero-order valence-electron chi connectivity index (χ0n) is 19.8. The Kier molecular flexibility index (Phi) is 5.19. The third kappa shape index (κ3) is 3.53. The molecule has 0 aliphatic carbocycles. The molecule has 1 spiro atoms. The van der Waals surface area contributed by atoms with Gasteiger partial charge in [0, 0.05) is 24.8 Å². The predicted octanol–water partition coefficient (Wildman–Crippen LogP) is -1.16. The lowest BCUT2D eigenvalue weighted by molar-refractivity contribution is -0.138. The van der Waals surface area contributed by atoms with Crippen molar-refractivity contribution in [3.8, 4) is 0 Å². The van der Waals surface area contributed by atoms with Crippen molar-refractivity contribution in [3.63, 3.8) is 0 Å². The molecule has 5 atom stereocenters. The molecule has 0 saturated carbocycles. The fraction of sp³-hybridized carbons (Fsp3) is 0.375. The number of benzene rings is 2. The molecular weight excluding hydrogens is 478 g/mol. The van der Waals surface area contributed by atoms with Gasteiger partial charge in [-0.15, -0.1) is 0 Å². The summed E-state index contributed by atoms with van der Waals surface area (Å²) in [5.74, 6) is -0.399. The first kappa shape index (κ1) is 23.0. The molecule has 192 valence electrons. The Hall–Kier alpha value is -4.39. The van der Waals surface area contributed by atoms with Crippen molar-refractivity contribution in [1.82, 2.24) is 20.4 Å².